The van der Waals surface area contributed by atoms with Gasteiger partial charge < -0.3 is 14.6 Å². The largest absolute Gasteiger partial charge is 0.490 e. The van der Waals surface area contributed by atoms with E-state index in [1.165, 1.54) is 0 Å². The van der Waals surface area contributed by atoms with Crippen molar-refractivity contribution in [1.29, 1.82) is 0 Å². The summed E-state index contributed by atoms with van der Waals surface area (Å²) >= 11 is 6.08. The summed E-state index contributed by atoms with van der Waals surface area (Å²) in [6, 6.07) is 4.64. The van der Waals surface area contributed by atoms with E-state index >= 15 is 0 Å². The summed E-state index contributed by atoms with van der Waals surface area (Å²) in [5.74, 6) is 1.85. The molecule has 3 rings (SSSR count). The molecule has 1 heterocycles. The Balaban J connectivity index is 1.82. The van der Waals surface area contributed by atoms with Gasteiger partial charge in [-0.1, -0.05) is 30.6 Å². The van der Waals surface area contributed by atoms with E-state index in [-0.39, 0.29) is 24.0 Å². The maximum atomic E-state index is 12.9. The van der Waals surface area contributed by atoms with Crippen LogP contribution in [0.2, 0.25) is 5.02 Å². The Kier molecular flexibility index (Phi) is 5.51. The van der Waals surface area contributed by atoms with Gasteiger partial charge in [0.15, 0.2) is 5.82 Å². The Morgan fingerprint density at radius 3 is 2.65 bits per heavy atom. The van der Waals surface area contributed by atoms with Crippen LogP contribution in [-0.4, -0.2) is 22.2 Å². The van der Waals surface area contributed by atoms with Crippen molar-refractivity contribution in [3.05, 3.63) is 40.5 Å². The molecule has 7 heteroatoms. The van der Waals surface area contributed by atoms with Crippen LogP contribution in [0, 0.1) is 5.92 Å². The van der Waals surface area contributed by atoms with Crippen molar-refractivity contribution in [2.45, 2.75) is 58.6 Å². The Morgan fingerprint density at radius 2 is 2.04 bits per heavy atom. The van der Waals surface area contributed by atoms with Gasteiger partial charge in [-0.05, 0) is 50.8 Å². The lowest BCUT2D eigenvalue weighted by Crippen LogP contribution is -2.32. The average Bonchev–Trinajstić information content (AvgIpc) is 3.31. The lowest BCUT2D eigenvalue weighted by Gasteiger charge is -2.20. The average molecular weight is 378 g/mol. The minimum Gasteiger partial charge on any atom is -0.490 e. The van der Waals surface area contributed by atoms with Gasteiger partial charge in [0.25, 0.3) is 5.91 Å². The molecule has 1 unspecified atom stereocenters. The number of amides is 1. The number of halogens is 1. The molecular weight excluding hydrogens is 354 g/mol. The summed E-state index contributed by atoms with van der Waals surface area (Å²) in [7, 11) is 0. The second-order valence-electron chi connectivity index (χ2n) is 7.27. The van der Waals surface area contributed by atoms with Crippen LogP contribution < -0.4 is 10.1 Å². The predicted octanol–water partition coefficient (Wildman–Crippen LogP) is 4.51. The van der Waals surface area contributed by atoms with Crippen molar-refractivity contribution >= 4 is 17.5 Å². The normalized spacial score (nSPS) is 15.3. The molecule has 0 aliphatic heterocycles. The summed E-state index contributed by atoms with van der Waals surface area (Å²) in [6.45, 7) is 7.81. The first kappa shape index (κ1) is 18.7. The molecule has 1 N–H and O–H groups in total. The van der Waals surface area contributed by atoms with Gasteiger partial charge in [-0.3, -0.25) is 4.79 Å². The number of aromatic nitrogens is 2. The maximum Gasteiger partial charge on any atom is 0.255 e. The summed E-state index contributed by atoms with van der Waals surface area (Å²) in [4.78, 5) is 17.4. The Morgan fingerprint density at radius 1 is 1.31 bits per heavy atom. The van der Waals surface area contributed by atoms with Crippen LogP contribution in [0.1, 0.15) is 74.6 Å². The van der Waals surface area contributed by atoms with Gasteiger partial charge in [0.05, 0.1) is 11.7 Å². The number of benzene rings is 1. The van der Waals surface area contributed by atoms with E-state index in [2.05, 4.69) is 15.5 Å². The van der Waals surface area contributed by atoms with Crippen molar-refractivity contribution in [3.63, 3.8) is 0 Å². The Bertz CT molecular complexity index is 784. The smallest absolute Gasteiger partial charge is 0.255 e. The maximum absolute atomic E-state index is 12.9. The van der Waals surface area contributed by atoms with E-state index in [9.17, 15) is 4.79 Å². The first-order valence-corrected chi connectivity index (χ1v) is 9.33. The fourth-order valence-electron chi connectivity index (χ4n) is 2.65. The fraction of sp³-hybridized carbons (Fsp3) is 0.526. The lowest BCUT2D eigenvalue weighted by atomic mass is 10.0. The Labute approximate surface area is 158 Å². The van der Waals surface area contributed by atoms with Gasteiger partial charge in [-0.2, -0.15) is 4.98 Å². The fourth-order valence-corrected chi connectivity index (χ4v) is 2.82. The molecule has 1 aromatic heterocycles. The summed E-state index contributed by atoms with van der Waals surface area (Å²) < 4.78 is 11.2. The molecule has 1 saturated carbocycles. The molecule has 0 radical (unpaired) electrons. The van der Waals surface area contributed by atoms with Gasteiger partial charge in [0.1, 0.15) is 11.8 Å². The molecule has 6 nitrogen and oxygen atoms in total. The number of ether oxygens (including phenoxy) is 1. The standard InChI is InChI=1S/C19H24ClN3O3/c1-10(2)16(19-22-17(23-26-19)12-5-6-12)21-18(24)14-9-13(20)7-8-15(14)25-11(3)4/h7-12,16H,5-6H2,1-4H3,(H,21,24). The molecule has 26 heavy (non-hydrogen) atoms. The topological polar surface area (TPSA) is 77.2 Å². The van der Waals surface area contributed by atoms with Crippen molar-refractivity contribution < 1.29 is 14.1 Å². The molecular formula is C19H24ClN3O3. The molecule has 1 aliphatic rings. The molecule has 0 spiro atoms. The number of nitrogens with zero attached hydrogens (tertiary/aromatic N) is 2. The zero-order chi connectivity index (χ0) is 18.8. The molecule has 1 aromatic carbocycles. The van der Waals surface area contributed by atoms with Gasteiger partial charge in [0, 0.05) is 10.9 Å². The molecule has 0 bridgehead atoms. The third-order valence-corrected chi connectivity index (χ3v) is 4.40. The number of hydrogen-bond acceptors (Lipinski definition) is 5. The van der Waals surface area contributed by atoms with E-state index in [1.807, 2.05) is 27.7 Å². The third-order valence-electron chi connectivity index (χ3n) is 4.17. The van der Waals surface area contributed by atoms with E-state index in [4.69, 9.17) is 20.9 Å². The highest BCUT2D eigenvalue weighted by Gasteiger charge is 2.32. The van der Waals surface area contributed by atoms with Gasteiger partial charge >= 0.3 is 0 Å². The quantitative estimate of drug-likeness (QED) is 0.767. The van der Waals surface area contributed by atoms with Crippen LogP contribution in [0.4, 0.5) is 0 Å². The molecule has 2 aromatic rings. The van der Waals surface area contributed by atoms with Gasteiger partial charge in [0.2, 0.25) is 5.89 Å². The van der Waals surface area contributed by atoms with Crippen LogP contribution in [0.25, 0.3) is 0 Å². The van der Waals surface area contributed by atoms with Crippen molar-refractivity contribution in [2.24, 2.45) is 5.92 Å². The highest BCUT2D eigenvalue weighted by Crippen LogP contribution is 2.38. The number of carbonyl (C=O) groups excluding carboxylic acids is 1. The highest BCUT2D eigenvalue weighted by molar-refractivity contribution is 6.31. The summed E-state index contributed by atoms with van der Waals surface area (Å²) in [6.07, 6.45) is 2.13. The van der Waals surface area contributed by atoms with E-state index in [0.717, 1.165) is 18.7 Å². The first-order valence-electron chi connectivity index (χ1n) is 8.95. The minimum atomic E-state index is -0.381. The van der Waals surface area contributed by atoms with E-state index in [1.54, 1.807) is 18.2 Å². The molecule has 1 atom stereocenters. The van der Waals surface area contributed by atoms with Crippen LogP contribution in [0.5, 0.6) is 5.75 Å². The minimum absolute atomic E-state index is 0.0549. The van der Waals surface area contributed by atoms with Gasteiger partial charge in [-0.15, -0.1) is 0 Å². The number of carbonyl (C=O) groups is 1. The van der Waals surface area contributed by atoms with Gasteiger partial charge in [-0.25, -0.2) is 0 Å². The second-order valence-corrected chi connectivity index (χ2v) is 7.70. The molecule has 0 saturated heterocycles. The van der Waals surface area contributed by atoms with Crippen molar-refractivity contribution in [2.75, 3.05) is 0 Å². The molecule has 1 fully saturated rings. The zero-order valence-corrected chi connectivity index (χ0v) is 16.2. The van der Waals surface area contributed by atoms with Crippen molar-refractivity contribution in [3.8, 4) is 5.75 Å². The highest BCUT2D eigenvalue weighted by atomic mass is 35.5. The number of rotatable bonds is 7. The monoisotopic (exact) mass is 377 g/mol. The van der Waals surface area contributed by atoms with Crippen LogP contribution in [0.3, 0.4) is 0 Å². The summed E-state index contributed by atoms with van der Waals surface area (Å²) in [5, 5.41) is 7.51. The van der Waals surface area contributed by atoms with Crippen LogP contribution in [-0.2, 0) is 0 Å². The second kappa shape index (κ2) is 7.66. The van der Waals surface area contributed by atoms with Crippen LogP contribution >= 0.6 is 11.6 Å². The molecule has 1 aliphatic carbocycles. The zero-order valence-electron chi connectivity index (χ0n) is 15.5. The predicted molar refractivity (Wildman–Crippen MR) is 98.5 cm³/mol. The molecule has 140 valence electrons. The Hall–Kier alpha value is -2.08. The van der Waals surface area contributed by atoms with Crippen molar-refractivity contribution in [1.82, 2.24) is 15.5 Å². The summed E-state index contributed by atoms with van der Waals surface area (Å²) in [5.41, 5.74) is 0.388. The molecule has 1 amide bonds. The first-order chi connectivity index (χ1) is 12.3. The van der Waals surface area contributed by atoms with E-state index < -0.39 is 0 Å². The van der Waals surface area contributed by atoms with Crippen LogP contribution in [0.15, 0.2) is 22.7 Å². The number of nitrogens with one attached hydrogen (secondary N) is 1. The third kappa shape index (κ3) is 4.36. The number of hydrogen-bond donors (Lipinski definition) is 1. The lowest BCUT2D eigenvalue weighted by molar-refractivity contribution is 0.0908. The SMILES string of the molecule is CC(C)Oc1ccc(Cl)cc1C(=O)NC(c1nc(C2CC2)no1)C(C)C. The van der Waals surface area contributed by atoms with E-state index in [0.29, 0.717) is 28.1 Å².